The van der Waals surface area contributed by atoms with E-state index < -0.39 is 17.8 Å². The summed E-state index contributed by atoms with van der Waals surface area (Å²) < 4.78 is 40.0. The summed E-state index contributed by atoms with van der Waals surface area (Å²) in [5.41, 5.74) is 1.45. The average molecular weight is 358 g/mol. The molecule has 0 saturated carbocycles. The van der Waals surface area contributed by atoms with E-state index in [0.29, 0.717) is 0 Å². The fourth-order valence-corrected chi connectivity index (χ4v) is 2.89. The standard InChI is InChI=1S/C16H15BrF3N/c1-10-7-12(17)9-13(8-10)21-11(2)14-5-3-4-6-15(14)16(18,19)20/h3-9,11,21H,1-2H3. The molecule has 1 nitrogen and oxygen atoms in total. The highest BCUT2D eigenvalue weighted by Gasteiger charge is 2.34. The summed E-state index contributed by atoms with van der Waals surface area (Å²) in [5, 5.41) is 3.12. The molecule has 0 aliphatic rings. The van der Waals surface area contributed by atoms with Crippen LogP contribution >= 0.6 is 15.9 Å². The van der Waals surface area contributed by atoms with Crippen molar-refractivity contribution in [3.8, 4) is 0 Å². The molecule has 112 valence electrons. The number of hydrogen-bond donors (Lipinski definition) is 1. The fourth-order valence-electron chi connectivity index (χ4n) is 2.28. The van der Waals surface area contributed by atoms with Crippen molar-refractivity contribution in [2.24, 2.45) is 0 Å². The molecule has 5 heteroatoms. The first-order valence-corrected chi connectivity index (χ1v) is 7.26. The van der Waals surface area contributed by atoms with Gasteiger partial charge in [0, 0.05) is 16.2 Å². The molecule has 2 aromatic carbocycles. The summed E-state index contributed by atoms with van der Waals surface area (Å²) in [5.74, 6) is 0. The Bertz CT molecular complexity index is 617. The Kier molecular flexibility index (Phi) is 4.61. The zero-order chi connectivity index (χ0) is 15.6. The van der Waals surface area contributed by atoms with Crippen LogP contribution in [0.1, 0.15) is 29.7 Å². The van der Waals surface area contributed by atoms with Gasteiger partial charge >= 0.3 is 6.18 Å². The molecular formula is C16H15BrF3N. The number of nitrogens with one attached hydrogen (secondary N) is 1. The molecule has 21 heavy (non-hydrogen) atoms. The molecule has 0 aliphatic carbocycles. The third kappa shape index (κ3) is 4.00. The van der Waals surface area contributed by atoms with Crippen LogP contribution < -0.4 is 5.32 Å². The van der Waals surface area contributed by atoms with Crippen molar-refractivity contribution in [2.75, 3.05) is 5.32 Å². The lowest BCUT2D eigenvalue weighted by Crippen LogP contribution is -2.15. The van der Waals surface area contributed by atoms with Gasteiger partial charge < -0.3 is 5.32 Å². The third-order valence-electron chi connectivity index (χ3n) is 3.16. The largest absolute Gasteiger partial charge is 0.416 e. The van der Waals surface area contributed by atoms with Crippen molar-refractivity contribution in [1.29, 1.82) is 0 Å². The van der Waals surface area contributed by atoms with Gasteiger partial charge in [-0.1, -0.05) is 34.1 Å². The van der Waals surface area contributed by atoms with Crippen molar-refractivity contribution in [2.45, 2.75) is 26.1 Å². The minimum atomic E-state index is -4.35. The van der Waals surface area contributed by atoms with Crippen LogP contribution in [0.25, 0.3) is 0 Å². The van der Waals surface area contributed by atoms with Crippen LogP contribution in [0, 0.1) is 6.92 Å². The van der Waals surface area contributed by atoms with E-state index in [1.54, 1.807) is 13.0 Å². The van der Waals surface area contributed by atoms with Gasteiger partial charge in [-0.2, -0.15) is 13.2 Å². The van der Waals surface area contributed by atoms with Crippen molar-refractivity contribution in [1.82, 2.24) is 0 Å². The second kappa shape index (κ2) is 6.10. The van der Waals surface area contributed by atoms with Gasteiger partial charge in [-0.25, -0.2) is 0 Å². The summed E-state index contributed by atoms with van der Waals surface area (Å²) in [6.45, 7) is 3.66. The van der Waals surface area contributed by atoms with E-state index in [0.717, 1.165) is 21.8 Å². The molecule has 0 fully saturated rings. The van der Waals surface area contributed by atoms with E-state index in [2.05, 4.69) is 21.2 Å². The first-order chi connectivity index (χ1) is 9.77. The lowest BCUT2D eigenvalue weighted by atomic mass is 10.0. The maximum absolute atomic E-state index is 13.0. The van der Waals surface area contributed by atoms with E-state index in [-0.39, 0.29) is 5.56 Å². The summed E-state index contributed by atoms with van der Waals surface area (Å²) in [6, 6.07) is 10.9. The smallest absolute Gasteiger partial charge is 0.378 e. The van der Waals surface area contributed by atoms with Gasteiger partial charge in [0.15, 0.2) is 0 Å². The van der Waals surface area contributed by atoms with Gasteiger partial charge in [-0.05, 0) is 49.2 Å². The number of alkyl halides is 3. The normalized spacial score (nSPS) is 13.0. The Morgan fingerprint density at radius 2 is 1.76 bits per heavy atom. The molecule has 2 aromatic rings. The Morgan fingerprint density at radius 3 is 2.38 bits per heavy atom. The zero-order valence-corrected chi connectivity index (χ0v) is 13.2. The molecule has 1 unspecified atom stereocenters. The number of aryl methyl sites for hydroxylation is 1. The second-order valence-electron chi connectivity index (χ2n) is 4.97. The second-order valence-corrected chi connectivity index (χ2v) is 5.88. The van der Waals surface area contributed by atoms with Crippen molar-refractivity contribution in [3.05, 3.63) is 63.6 Å². The summed E-state index contributed by atoms with van der Waals surface area (Å²) in [4.78, 5) is 0. The Labute approximate surface area is 130 Å². The molecule has 0 spiro atoms. The molecule has 0 aliphatic heterocycles. The molecule has 0 saturated heterocycles. The highest BCUT2D eigenvalue weighted by atomic mass is 79.9. The Balaban J connectivity index is 2.31. The number of benzene rings is 2. The average Bonchev–Trinajstić information content (AvgIpc) is 2.36. The van der Waals surface area contributed by atoms with Gasteiger partial charge in [-0.3, -0.25) is 0 Å². The molecule has 0 aromatic heterocycles. The van der Waals surface area contributed by atoms with Crippen LogP contribution in [0.5, 0.6) is 0 Å². The predicted octanol–water partition coefficient (Wildman–Crippen LogP) is 5.95. The number of anilines is 1. The highest BCUT2D eigenvalue weighted by molar-refractivity contribution is 9.10. The van der Waals surface area contributed by atoms with Crippen LogP contribution in [-0.2, 0) is 6.18 Å². The molecule has 0 bridgehead atoms. The van der Waals surface area contributed by atoms with E-state index in [9.17, 15) is 13.2 Å². The first-order valence-electron chi connectivity index (χ1n) is 6.47. The number of rotatable bonds is 3. The topological polar surface area (TPSA) is 12.0 Å². The maximum Gasteiger partial charge on any atom is 0.416 e. The molecule has 0 amide bonds. The predicted molar refractivity (Wildman–Crippen MR) is 82.4 cm³/mol. The maximum atomic E-state index is 13.0. The number of halogens is 4. The van der Waals surface area contributed by atoms with E-state index >= 15 is 0 Å². The zero-order valence-electron chi connectivity index (χ0n) is 11.6. The minimum absolute atomic E-state index is 0.239. The van der Waals surface area contributed by atoms with Gasteiger partial charge in [-0.15, -0.1) is 0 Å². The molecule has 1 atom stereocenters. The fraction of sp³-hybridized carbons (Fsp3) is 0.250. The monoisotopic (exact) mass is 357 g/mol. The van der Waals surface area contributed by atoms with E-state index in [1.165, 1.54) is 12.1 Å². The third-order valence-corrected chi connectivity index (χ3v) is 3.62. The van der Waals surface area contributed by atoms with Gasteiger partial charge in [0.05, 0.1) is 5.56 Å². The van der Waals surface area contributed by atoms with Crippen molar-refractivity contribution < 1.29 is 13.2 Å². The van der Waals surface area contributed by atoms with Gasteiger partial charge in [0.1, 0.15) is 0 Å². The first kappa shape index (κ1) is 15.9. The molecular weight excluding hydrogens is 343 g/mol. The summed E-state index contributed by atoms with van der Waals surface area (Å²) in [6.07, 6.45) is -4.35. The van der Waals surface area contributed by atoms with Crippen LogP contribution in [0.4, 0.5) is 18.9 Å². The Morgan fingerprint density at radius 1 is 1.10 bits per heavy atom. The number of hydrogen-bond acceptors (Lipinski definition) is 1. The lowest BCUT2D eigenvalue weighted by molar-refractivity contribution is -0.138. The van der Waals surface area contributed by atoms with E-state index in [4.69, 9.17) is 0 Å². The van der Waals surface area contributed by atoms with Crippen LogP contribution in [0.3, 0.4) is 0 Å². The quantitative estimate of drug-likeness (QED) is 0.715. The SMILES string of the molecule is Cc1cc(Br)cc(NC(C)c2ccccc2C(F)(F)F)c1. The van der Waals surface area contributed by atoms with Crippen LogP contribution in [0.2, 0.25) is 0 Å². The van der Waals surface area contributed by atoms with Crippen LogP contribution in [0.15, 0.2) is 46.9 Å². The van der Waals surface area contributed by atoms with Crippen molar-refractivity contribution >= 4 is 21.6 Å². The van der Waals surface area contributed by atoms with Crippen molar-refractivity contribution in [3.63, 3.8) is 0 Å². The van der Waals surface area contributed by atoms with Crippen LogP contribution in [-0.4, -0.2) is 0 Å². The lowest BCUT2D eigenvalue weighted by Gasteiger charge is -2.20. The minimum Gasteiger partial charge on any atom is -0.378 e. The molecule has 0 heterocycles. The summed E-state index contributed by atoms with van der Waals surface area (Å²) in [7, 11) is 0. The molecule has 1 N–H and O–H groups in total. The van der Waals surface area contributed by atoms with Gasteiger partial charge in [0.25, 0.3) is 0 Å². The van der Waals surface area contributed by atoms with E-state index in [1.807, 2.05) is 25.1 Å². The molecule has 0 radical (unpaired) electrons. The highest BCUT2D eigenvalue weighted by Crippen LogP contribution is 2.35. The Hall–Kier alpha value is -1.49. The molecule has 2 rings (SSSR count). The van der Waals surface area contributed by atoms with Gasteiger partial charge in [0.2, 0.25) is 0 Å². The summed E-state index contributed by atoms with van der Waals surface area (Å²) >= 11 is 3.39.